The van der Waals surface area contributed by atoms with E-state index in [4.69, 9.17) is 9.47 Å². The third kappa shape index (κ3) is 5.12. The van der Waals surface area contributed by atoms with Crippen LogP contribution in [0.3, 0.4) is 0 Å². The predicted molar refractivity (Wildman–Crippen MR) is 142 cm³/mol. The van der Waals surface area contributed by atoms with Gasteiger partial charge in [0.1, 0.15) is 0 Å². The smallest absolute Gasteiger partial charge is 0.318 e. The molecule has 0 aromatic heterocycles. The van der Waals surface area contributed by atoms with Crippen molar-refractivity contribution in [2.24, 2.45) is 5.10 Å². The number of amides is 1. The molecule has 11 nitrogen and oxygen atoms in total. The summed E-state index contributed by atoms with van der Waals surface area (Å²) in [6, 6.07) is 15.5. The fraction of sp³-hybridized carbons (Fsp3) is 0.111. The van der Waals surface area contributed by atoms with Crippen molar-refractivity contribution in [3.63, 3.8) is 0 Å². The Hall–Kier alpha value is -5.32. The molecule has 3 aromatic carbocycles. The van der Waals surface area contributed by atoms with Gasteiger partial charge < -0.3 is 9.47 Å². The molecule has 0 unspecified atom stereocenters. The van der Waals surface area contributed by atoms with Gasteiger partial charge in [0.25, 0.3) is 11.6 Å². The lowest BCUT2D eigenvalue weighted by Gasteiger charge is -2.16. The molecule has 4 rings (SSSR count). The van der Waals surface area contributed by atoms with Gasteiger partial charge in [-0.05, 0) is 55.3 Å². The molecule has 1 aliphatic heterocycles. The van der Waals surface area contributed by atoms with Crippen LogP contribution in [0, 0.1) is 20.2 Å². The van der Waals surface area contributed by atoms with Crippen LogP contribution in [0.4, 0.5) is 17.1 Å². The Morgan fingerprint density at radius 1 is 1.03 bits per heavy atom. The fourth-order valence-electron chi connectivity index (χ4n) is 3.89. The summed E-state index contributed by atoms with van der Waals surface area (Å²) in [5.41, 5.74) is 1.73. The van der Waals surface area contributed by atoms with Crippen LogP contribution in [-0.4, -0.2) is 28.6 Å². The summed E-state index contributed by atoms with van der Waals surface area (Å²) >= 11 is 0. The molecule has 0 saturated heterocycles. The number of ether oxygens (including phenoxy) is 2. The van der Waals surface area contributed by atoms with E-state index in [1.54, 1.807) is 43.3 Å². The fourth-order valence-corrected chi connectivity index (χ4v) is 3.89. The lowest BCUT2D eigenvalue weighted by molar-refractivity contribution is -0.394. The topological polar surface area (TPSA) is 137 Å². The van der Waals surface area contributed by atoms with Crippen LogP contribution < -0.4 is 14.5 Å². The largest absolute Gasteiger partial charge is 0.493 e. The Morgan fingerprint density at radius 3 is 2.39 bits per heavy atom. The lowest BCUT2D eigenvalue weighted by Crippen LogP contribution is -2.21. The lowest BCUT2D eigenvalue weighted by atomic mass is 10.0. The number of rotatable bonds is 9. The first kappa shape index (κ1) is 25.8. The van der Waals surface area contributed by atoms with E-state index in [1.807, 2.05) is 18.2 Å². The number of nitrogens with zero attached hydrogens (tertiary/aromatic N) is 4. The van der Waals surface area contributed by atoms with Crippen LogP contribution in [0.25, 0.3) is 6.08 Å². The number of carbonyl (C=O) groups excluding carboxylic acids is 1. The zero-order valence-electron chi connectivity index (χ0n) is 20.5. The molecule has 1 amide bonds. The second kappa shape index (κ2) is 10.7. The van der Waals surface area contributed by atoms with Crippen molar-refractivity contribution in [3.05, 3.63) is 110 Å². The highest BCUT2D eigenvalue weighted by atomic mass is 16.6. The maximum absolute atomic E-state index is 13.1. The monoisotopic (exact) mass is 514 g/mol. The summed E-state index contributed by atoms with van der Waals surface area (Å²) in [5.74, 6) is -0.0631. The second-order valence-corrected chi connectivity index (χ2v) is 8.17. The first-order valence-corrected chi connectivity index (χ1v) is 11.3. The van der Waals surface area contributed by atoms with Gasteiger partial charge in [0, 0.05) is 11.6 Å². The van der Waals surface area contributed by atoms with Gasteiger partial charge >= 0.3 is 5.69 Å². The number of nitro groups is 2. The van der Waals surface area contributed by atoms with Gasteiger partial charge in [-0.3, -0.25) is 25.0 Å². The number of hydrogen-bond donors (Lipinski definition) is 0. The summed E-state index contributed by atoms with van der Waals surface area (Å²) < 4.78 is 11.4. The minimum absolute atomic E-state index is 0.181. The quantitative estimate of drug-likeness (QED) is 0.151. The van der Waals surface area contributed by atoms with Crippen LogP contribution in [0.2, 0.25) is 0 Å². The van der Waals surface area contributed by atoms with Crippen molar-refractivity contribution in [3.8, 4) is 17.2 Å². The molecular weight excluding hydrogens is 492 g/mol. The predicted octanol–water partition coefficient (Wildman–Crippen LogP) is 5.84. The van der Waals surface area contributed by atoms with Gasteiger partial charge in [-0.2, -0.15) is 10.1 Å². The van der Waals surface area contributed by atoms with Gasteiger partial charge in [0.15, 0.2) is 11.5 Å². The van der Waals surface area contributed by atoms with Crippen molar-refractivity contribution in [2.75, 3.05) is 12.1 Å². The number of nitro benzene ring substituents is 2. The third-order valence-electron chi connectivity index (χ3n) is 5.67. The molecule has 0 spiro atoms. The van der Waals surface area contributed by atoms with Gasteiger partial charge in [-0.15, -0.1) is 6.58 Å². The maximum atomic E-state index is 13.1. The molecule has 1 heterocycles. The number of methoxy groups -OCH3 is 1. The summed E-state index contributed by atoms with van der Waals surface area (Å²) in [5, 5.41) is 28.4. The molecule has 11 heteroatoms. The Labute approximate surface area is 217 Å². The van der Waals surface area contributed by atoms with E-state index in [2.05, 4.69) is 11.7 Å². The zero-order valence-corrected chi connectivity index (χ0v) is 20.5. The zero-order chi connectivity index (χ0) is 27.4. The Morgan fingerprint density at radius 2 is 1.76 bits per heavy atom. The first-order chi connectivity index (χ1) is 18.2. The number of benzene rings is 3. The molecule has 0 fully saturated rings. The molecule has 0 atom stereocenters. The van der Waals surface area contributed by atoms with E-state index >= 15 is 0 Å². The summed E-state index contributed by atoms with van der Waals surface area (Å²) in [4.78, 5) is 34.3. The van der Waals surface area contributed by atoms with E-state index in [0.717, 1.165) is 12.1 Å². The van der Waals surface area contributed by atoms with Crippen LogP contribution in [-0.2, 0) is 11.2 Å². The van der Waals surface area contributed by atoms with Crippen molar-refractivity contribution in [2.45, 2.75) is 13.3 Å². The van der Waals surface area contributed by atoms with Crippen molar-refractivity contribution >= 4 is 34.8 Å². The molecule has 1 aliphatic rings. The molecule has 0 aliphatic carbocycles. The Kier molecular flexibility index (Phi) is 7.28. The van der Waals surface area contributed by atoms with Gasteiger partial charge in [0.05, 0.1) is 40.0 Å². The molecule has 0 N–H and O–H groups in total. The van der Waals surface area contributed by atoms with E-state index in [9.17, 15) is 25.0 Å². The Balaban J connectivity index is 1.75. The second-order valence-electron chi connectivity index (χ2n) is 8.17. The number of para-hydroxylation sites is 1. The molecule has 0 radical (unpaired) electrons. The van der Waals surface area contributed by atoms with E-state index in [0.29, 0.717) is 34.5 Å². The summed E-state index contributed by atoms with van der Waals surface area (Å²) in [6.45, 7) is 5.50. The molecular formula is C27H22N4O7. The van der Waals surface area contributed by atoms with Gasteiger partial charge in [-0.25, -0.2) is 0 Å². The van der Waals surface area contributed by atoms with E-state index < -0.39 is 21.2 Å². The summed E-state index contributed by atoms with van der Waals surface area (Å²) in [6.07, 6.45) is 3.60. The summed E-state index contributed by atoms with van der Waals surface area (Å²) in [7, 11) is 1.41. The molecule has 0 saturated carbocycles. The van der Waals surface area contributed by atoms with Crippen molar-refractivity contribution < 1.29 is 24.1 Å². The van der Waals surface area contributed by atoms with Gasteiger partial charge in [-0.1, -0.05) is 24.3 Å². The van der Waals surface area contributed by atoms with Crippen LogP contribution >= 0.6 is 0 Å². The van der Waals surface area contributed by atoms with Crippen LogP contribution in [0.5, 0.6) is 17.2 Å². The van der Waals surface area contributed by atoms with E-state index in [-0.39, 0.29) is 23.2 Å². The van der Waals surface area contributed by atoms with Crippen molar-refractivity contribution in [1.82, 2.24) is 0 Å². The maximum Gasteiger partial charge on any atom is 0.318 e. The molecule has 0 bridgehead atoms. The number of hydrazone groups is 1. The van der Waals surface area contributed by atoms with Crippen LogP contribution in [0.15, 0.2) is 84.0 Å². The average molecular weight is 514 g/mol. The average Bonchev–Trinajstić information content (AvgIpc) is 3.18. The highest BCUT2D eigenvalue weighted by molar-refractivity contribution is 6.32. The number of non-ortho nitro benzene ring substituents is 1. The number of anilines is 1. The molecule has 3 aromatic rings. The molecule has 38 heavy (non-hydrogen) atoms. The van der Waals surface area contributed by atoms with E-state index in [1.165, 1.54) is 18.2 Å². The minimum Gasteiger partial charge on any atom is -0.493 e. The van der Waals surface area contributed by atoms with Gasteiger partial charge in [0.2, 0.25) is 5.75 Å². The minimum atomic E-state index is -0.757. The normalized spacial score (nSPS) is 13.8. The third-order valence-corrected chi connectivity index (χ3v) is 5.67. The van der Waals surface area contributed by atoms with Crippen LogP contribution in [0.1, 0.15) is 18.1 Å². The number of carbonyl (C=O) groups is 1. The SMILES string of the molecule is C=CCc1cc(/C=C2/C(=O)N(c3ccccc3)N=C2C)cc(OC)c1Oc1ccc([N+](=O)[O-])cc1[N+](=O)[O-]. The number of hydrogen-bond acceptors (Lipinski definition) is 8. The standard InChI is InChI=1S/C27H22N4O7/c1-4-8-19-13-18(14-22-17(2)28-29(27(22)32)20-9-6-5-7-10-20)15-25(37-3)26(19)38-24-12-11-21(30(33)34)16-23(24)31(35)36/h4-7,9-16H,1,8H2,2-3H3/b22-14+. The first-order valence-electron chi connectivity index (χ1n) is 11.3. The Bertz CT molecular complexity index is 1510. The highest BCUT2D eigenvalue weighted by Gasteiger charge is 2.29. The molecule has 192 valence electrons. The van der Waals surface area contributed by atoms with Crippen molar-refractivity contribution in [1.29, 1.82) is 0 Å². The highest BCUT2D eigenvalue weighted by Crippen LogP contribution is 2.41. The number of allylic oxidation sites excluding steroid dienone is 1.